The third-order valence-corrected chi connectivity index (χ3v) is 5.62. The van der Waals surface area contributed by atoms with Crippen molar-refractivity contribution in [3.8, 4) is 5.75 Å². The summed E-state index contributed by atoms with van der Waals surface area (Å²) in [6.45, 7) is -3.96. The van der Waals surface area contributed by atoms with Crippen molar-refractivity contribution in [2.45, 2.75) is 43.5 Å². The van der Waals surface area contributed by atoms with Crippen molar-refractivity contribution in [3.05, 3.63) is 46.2 Å². The highest BCUT2D eigenvalue weighted by Crippen LogP contribution is 2.56. The number of halogens is 10. The van der Waals surface area contributed by atoms with E-state index in [1.54, 1.807) is 0 Å². The number of nitrogens with one attached hydrogen (secondary N) is 3. The van der Waals surface area contributed by atoms with Crippen LogP contribution in [0.15, 0.2) is 24.4 Å². The third kappa shape index (κ3) is 5.68. The van der Waals surface area contributed by atoms with Gasteiger partial charge in [0.05, 0.1) is 10.6 Å². The smallest absolute Gasteiger partial charge is 0.429 e. The molecule has 1 aliphatic rings. The molecule has 1 aliphatic carbocycles. The molecule has 1 saturated carbocycles. The van der Waals surface area contributed by atoms with Crippen LogP contribution in [0.2, 0.25) is 5.02 Å². The molecule has 0 bridgehead atoms. The molecule has 0 atom stereocenters. The molecule has 17 heteroatoms. The molecule has 7 nitrogen and oxygen atoms in total. The second-order valence-corrected chi connectivity index (χ2v) is 8.42. The summed E-state index contributed by atoms with van der Waals surface area (Å²) in [6, 6.07) is 3.86. The number of hydrogen-bond acceptors (Lipinski definition) is 5. The Bertz CT molecular complexity index is 1240. The molecule has 208 valence electrons. The molecule has 1 fully saturated rings. The molecule has 1 aromatic carbocycles. The van der Waals surface area contributed by atoms with Crippen molar-refractivity contribution in [1.82, 2.24) is 15.1 Å². The second kappa shape index (κ2) is 10.4. The summed E-state index contributed by atoms with van der Waals surface area (Å²) in [6.07, 6.45) is -10.2. The summed E-state index contributed by atoms with van der Waals surface area (Å²) in [4.78, 5) is 12.4. The van der Waals surface area contributed by atoms with Crippen LogP contribution in [0.5, 0.6) is 5.75 Å². The molecule has 0 saturated heterocycles. The van der Waals surface area contributed by atoms with Gasteiger partial charge in [-0.15, -0.1) is 0 Å². The molecular formula is C21H17ClF9N5O2. The van der Waals surface area contributed by atoms with E-state index in [0.29, 0.717) is 6.21 Å². The number of allylic oxidation sites excluding steroid dienone is 1. The van der Waals surface area contributed by atoms with Crippen molar-refractivity contribution >= 4 is 35.1 Å². The van der Waals surface area contributed by atoms with Crippen molar-refractivity contribution in [2.24, 2.45) is 7.05 Å². The Labute approximate surface area is 213 Å². The highest BCUT2D eigenvalue weighted by Gasteiger charge is 2.76. The predicted octanol–water partition coefficient (Wildman–Crippen LogP) is 5.96. The first-order chi connectivity index (χ1) is 17.5. The lowest BCUT2D eigenvalue weighted by Crippen LogP contribution is -2.51. The van der Waals surface area contributed by atoms with Crippen LogP contribution in [0.25, 0.3) is 5.57 Å². The van der Waals surface area contributed by atoms with Gasteiger partial charge in [0.1, 0.15) is 0 Å². The Balaban J connectivity index is 2.07. The van der Waals surface area contributed by atoms with Gasteiger partial charge in [0, 0.05) is 31.1 Å². The van der Waals surface area contributed by atoms with Crippen molar-refractivity contribution in [3.63, 3.8) is 0 Å². The SMILES string of the molecule is Cn1nc(C(F)(C(F)(F)F)C(F)(F)F)c(OC(F)F)c1N/C=C(\C=N)c1ccc(Cl)c(C(=O)NC2CC2)c1. The van der Waals surface area contributed by atoms with Crippen molar-refractivity contribution in [1.29, 1.82) is 5.41 Å². The lowest BCUT2D eigenvalue weighted by atomic mass is 9.99. The Kier molecular flexibility index (Phi) is 7.96. The van der Waals surface area contributed by atoms with Crippen LogP contribution in [0.4, 0.5) is 45.3 Å². The Morgan fingerprint density at radius 3 is 2.29 bits per heavy atom. The van der Waals surface area contributed by atoms with E-state index in [-0.39, 0.29) is 32.4 Å². The molecular weight excluding hydrogens is 561 g/mol. The average Bonchev–Trinajstić information content (AvgIpc) is 3.56. The summed E-state index contributed by atoms with van der Waals surface area (Å²) in [5.74, 6) is -3.41. The Morgan fingerprint density at radius 2 is 1.79 bits per heavy atom. The number of hydrogen-bond donors (Lipinski definition) is 3. The fourth-order valence-corrected chi connectivity index (χ4v) is 3.45. The normalized spacial score (nSPS) is 15.0. The number of ether oxygens (including phenoxy) is 1. The van der Waals surface area contributed by atoms with Gasteiger partial charge in [-0.2, -0.15) is 40.2 Å². The zero-order chi connectivity index (χ0) is 28.6. The van der Waals surface area contributed by atoms with E-state index in [1.165, 1.54) is 18.2 Å². The van der Waals surface area contributed by atoms with E-state index >= 15 is 0 Å². The minimum absolute atomic E-state index is 0.00549. The summed E-state index contributed by atoms with van der Waals surface area (Å²) in [5, 5.41) is 15.3. The van der Waals surface area contributed by atoms with Gasteiger partial charge >= 0.3 is 24.6 Å². The van der Waals surface area contributed by atoms with Gasteiger partial charge in [-0.3, -0.25) is 4.79 Å². The number of rotatable bonds is 9. The van der Waals surface area contributed by atoms with Crippen LogP contribution in [0, 0.1) is 5.41 Å². The van der Waals surface area contributed by atoms with Crippen LogP contribution in [0.1, 0.15) is 34.5 Å². The van der Waals surface area contributed by atoms with E-state index in [0.717, 1.165) is 26.1 Å². The van der Waals surface area contributed by atoms with Crippen LogP contribution in [-0.4, -0.2) is 46.9 Å². The minimum Gasteiger partial charge on any atom is -0.429 e. The standard InChI is InChI=1S/C21H17ClF9N5O2/c1-36-16(14(38-18(23)24)15(35-36)19(25,20(26,27)28)21(29,30)31)33-8-10(7-32)9-2-5-13(22)12(6-9)17(37)34-11-3-4-11/h2,5-8,11,18,32-33H,3-4H2,1H3,(H,34,37)/b10-8+,32-7?. The molecule has 0 spiro atoms. The first-order valence-corrected chi connectivity index (χ1v) is 10.8. The molecule has 0 unspecified atom stereocenters. The van der Waals surface area contributed by atoms with Gasteiger partial charge in [-0.25, -0.2) is 9.07 Å². The zero-order valence-corrected chi connectivity index (χ0v) is 19.7. The average molecular weight is 578 g/mol. The van der Waals surface area contributed by atoms with Crippen LogP contribution < -0.4 is 15.4 Å². The number of anilines is 1. The number of amides is 1. The van der Waals surface area contributed by atoms with Gasteiger partial charge in [0.25, 0.3) is 5.91 Å². The monoisotopic (exact) mass is 577 g/mol. The molecule has 3 N–H and O–H groups in total. The number of aryl methyl sites for hydroxylation is 1. The quantitative estimate of drug-likeness (QED) is 0.253. The van der Waals surface area contributed by atoms with E-state index < -0.39 is 47.8 Å². The highest BCUT2D eigenvalue weighted by molar-refractivity contribution is 6.34. The van der Waals surface area contributed by atoms with E-state index in [9.17, 15) is 44.3 Å². The molecule has 1 aromatic heterocycles. The molecule has 1 heterocycles. The predicted molar refractivity (Wildman–Crippen MR) is 117 cm³/mol. The Morgan fingerprint density at radius 1 is 1.18 bits per heavy atom. The topological polar surface area (TPSA) is 92.0 Å². The van der Waals surface area contributed by atoms with Crippen LogP contribution in [-0.2, 0) is 12.7 Å². The summed E-state index contributed by atoms with van der Waals surface area (Å²) >= 11 is 6.05. The van der Waals surface area contributed by atoms with Gasteiger partial charge in [-0.05, 0) is 30.5 Å². The van der Waals surface area contributed by atoms with Gasteiger partial charge in [0.15, 0.2) is 17.3 Å². The number of carbonyl (C=O) groups excluding carboxylic acids is 1. The molecule has 3 rings (SSSR count). The van der Waals surface area contributed by atoms with Crippen molar-refractivity contribution < 1.29 is 49.0 Å². The van der Waals surface area contributed by atoms with Crippen LogP contribution >= 0.6 is 11.6 Å². The highest BCUT2D eigenvalue weighted by atomic mass is 35.5. The lowest BCUT2D eigenvalue weighted by Gasteiger charge is -2.28. The number of nitrogens with zero attached hydrogens (tertiary/aromatic N) is 2. The molecule has 2 aromatic rings. The second-order valence-electron chi connectivity index (χ2n) is 8.01. The maximum atomic E-state index is 14.6. The van der Waals surface area contributed by atoms with Crippen molar-refractivity contribution in [2.75, 3.05) is 5.32 Å². The largest absolute Gasteiger partial charge is 0.437 e. The summed E-state index contributed by atoms with van der Waals surface area (Å²) in [5.41, 5.74) is -8.66. The van der Waals surface area contributed by atoms with Gasteiger partial charge in [-0.1, -0.05) is 17.7 Å². The molecule has 0 radical (unpaired) electrons. The lowest BCUT2D eigenvalue weighted by molar-refractivity contribution is -0.350. The Hall–Kier alpha value is -3.43. The third-order valence-electron chi connectivity index (χ3n) is 5.30. The summed E-state index contributed by atoms with van der Waals surface area (Å²) < 4.78 is 124. The van der Waals surface area contributed by atoms with E-state index in [4.69, 9.17) is 17.0 Å². The van der Waals surface area contributed by atoms with E-state index in [1.807, 2.05) is 0 Å². The number of carbonyl (C=O) groups is 1. The molecule has 1 amide bonds. The maximum Gasteiger partial charge on any atom is 0.437 e. The zero-order valence-electron chi connectivity index (χ0n) is 18.9. The van der Waals surface area contributed by atoms with E-state index in [2.05, 4.69) is 20.5 Å². The number of benzene rings is 1. The molecule has 38 heavy (non-hydrogen) atoms. The first-order valence-electron chi connectivity index (χ1n) is 10.4. The number of alkyl halides is 9. The molecule has 0 aliphatic heterocycles. The maximum absolute atomic E-state index is 14.6. The first kappa shape index (κ1) is 29.1. The van der Waals surface area contributed by atoms with Gasteiger partial charge < -0.3 is 20.8 Å². The fourth-order valence-electron chi connectivity index (χ4n) is 3.24. The fraction of sp³-hybridized carbons (Fsp3) is 0.381. The minimum atomic E-state index is -6.65. The van der Waals surface area contributed by atoms with Gasteiger partial charge in [0.2, 0.25) is 0 Å². The van der Waals surface area contributed by atoms with Crippen LogP contribution in [0.3, 0.4) is 0 Å². The number of aromatic nitrogens is 2. The summed E-state index contributed by atoms with van der Waals surface area (Å²) in [7, 11) is 0.748.